The first kappa shape index (κ1) is 9.14. The number of aliphatic carboxylic acids is 1. The Balaban J connectivity index is 4.01. The van der Waals surface area contributed by atoms with E-state index in [1.165, 1.54) is 0 Å². The molecule has 0 spiro atoms. The predicted molar refractivity (Wildman–Crippen MR) is 37.2 cm³/mol. The summed E-state index contributed by atoms with van der Waals surface area (Å²) in [6.07, 6.45) is 4.83. The Hall–Kier alpha value is -1.86. The van der Waals surface area contributed by atoms with Crippen molar-refractivity contribution >= 4 is 5.97 Å². The molecule has 0 aromatic rings. The molecule has 1 atom stereocenters. The summed E-state index contributed by atoms with van der Waals surface area (Å²) >= 11 is 0. The van der Waals surface area contributed by atoms with Crippen molar-refractivity contribution in [3.05, 3.63) is 10.4 Å². The number of carbonyl (C=O) groups is 1. The maximum atomic E-state index is 10.3. The van der Waals surface area contributed by atoms with E-state index < -0.39 is 12.0 Å². The van der Waals surface area contributed by atoms with Crippen LogP contribution in [-0.4, -0.2) is 17.1 Å². The van der Waals surface area contributed by atoms with E-state index in [2.05, 4.69) is 16.1 Å². The zero-order valence-electron chi connectivity index (χ0n) is 5.56. The molecule has 0 aromatic carbocycles. The number of hydrogen-bond donors (Lipinski definition) is 2. The van der Waals surface area contributed by atoms with Gasteiger partial charge in [-0.1, -0.05) is 0 Å². The lowest BCUT2D eigenvalue weighted by Crippen LogP contribution is -2.32. The minimum absolute atomic E-state index is 0.0195. The molecule has 0 aromatic heterocycles. The molecule has 0 saturated heterocycles. The molecule has 11 heavy (non-hydrogen) atoms. The Morgan fingerprint density at radius 3 is 3.00 bits per heavy atom. The summed E-state index contributed by atoms with van der Waals surface area (Å²) in [4.78, 5) is 12.6. The Bertz CT molecular complexity index is 225. The van der Waals surface area contributed by atoms with Gasteiger partial charge in [0.2, 0.25) is 6.04 Å². The van der Waals surface area contributed by atoms with Crippen molar-refractivity contribution < 1.29 is 9.90 Å². The second-order valence-electron chi connectivity index (χ2n) is 1.62. The molecule has 6 heteroatoms. The van der Waals surface area contributed by atoms with Gasteiger partial charge in [0.25, 0.3) is 0 Å². The van der Waals surface area contributed by atoms with Gasteiger partial charge in [0.15, 0.2) is 0 Å². The molecule has 58 valence electrons. The van der Waals surface area contributed by atoms with Crippen LogP contribution in [-0.2, 0) is 4.79 Å². The number of terminal acetylenes is 1. The normalized spacial score (nSPS) is 10.5. The number of nitrogens with zero attached hydrogens (tertiary/aromatic N) is 3. The summed E-state index contributed by atoms with van der Waals surface area (Å²) in [5, 5.41) is 11.3. The van der Waals surface area contributed by atoms with E-state index in [4.69, 9.17) is 17.1 Å². The van der Waals surface area contributed by atoms with Crippen molar-refractivity contribution in [3.8, 4) is 12.3 Å². The second kappa shape index (κ2) is 4.97. The van der Waals surface area contributed by atoms with Gasteiger partial charge in [-0.25, -0.2) is 10.2 Å². The van der Waals surface area contributed by atoms with Crippen LogP contribution in [0.2, 0.25) is 0 Å². The SMILES string of the molecule is C#CC[C@H](NN=[N+]=[N-])C(=O)O. The molecule has 0 fully saturated rings. The molecule has 0 saturated carbocycles. The summed E-state index contributed by atoms with van der Waals surface area (Å²) in [6.45, 7) is 0. The third-order valence-corrected chi connectivity index (χ3v) is 0.878. The fourth-order valence-electron chi connectivity index (χ4n) is 0.402. The quantitative estimate of drug-likeness (QED) is 0.200. The third kappa shape index (κ3) is 3.67. The Labute approximate surface area is 62.8 Å². The molecule has 0 bridgehead atoms. The van der Waals surface area contributed by atoms with E-state index in [1.807, 2.05) is 5.43 Å². The molecule has 0 aliphatic rings. The molecular formula is C5H6N4O2. The van der Waals surface area contributed by atoms with Gasteiger partial charge in [-0.05, 0) is 5.22 Å². The monoisotopic (exact) mass is 154 g/mol. The number of carboxylic acid groups (broad SMARTS) is 1. The average Bonchev–Trinajstić information content (AvgIpc) is 1.97. The highest BCUT2D eigenvalue weighted by Crippen LogP contribution is 1.89. The van der Waals surface area contributed by atoms with Gasteiger partial charge in [0.05, 0.1) is 6.42 Å². The molecule has 0 aliphatic carbocycles. The fourth-order valence-corrected chi connectivity index (χ4v) is 0.402. The minimum atomic E-state index is -1.14. The first-order valence-corrected chi connectivity index (χ1v) is 2.68. The topological polar surface area (TPSA) is 98.1 Å². The van der Waals surface area contributed by atoms with Crippen LogP contribution in [0, 0.1) is 12.3 Å². The maximum absolute atomic E-state index is 10.3. The van der Waals surface area contributed by atoms with Gasteiger partial charge in [-0.3, -0.25) is 0 Å². The first-order valence-electron chi connectivity index (χ1n) is 2.68. The lowest BCUT2D eigenvalue weighted by molar-refractivity contribution is -0.139. The highest BCUT2D eigenvalue weighted by atomic mass is 16.4. The number of nitrogens with one attached hydrogen (secondary N) is 1. The fraction of sp³-hybridized carbons (Fsp3) is 0.400. The zero-order valence-corrected chi connectivity index (χ0v) is 5.56. The molecule has 6 nitrogen and oxygen atoms in total. The summed E-state index contributed by atoms with van der Waals surface area (Å²) in [5.41, 5.74) is 9.85. The number of hydrogen-bond acceptors (Lipinski definition) is 2. The molecular weight excluding hydrogens is 148 g/mol. The van der Waals surface area contributed by atoms with Gasteiger partial charge in [-0.15, -0.1) is 17.9 Å². The zero-order chi connectivity index (χ0) is 8.69. The standard InChI is InChI=1S/C5H6N4O2/c1-2-3-4(5(10)11)7-9-8-6/h1,4,7H,3H2,(H,10,11)/t4-/m0/s1. The van der Waals surface area contributed by atoms with Crippen molar-refractivity contribution in [1.82, 2.24) is 5.43 Å². The Morgan fingerprint density at radius 1 is 2.00 bits per heavy atom. The van der Waals surface area contributed by atoms with E-state index in [0.717, 1.165) is 0 Å². The van der Waals surface area contributed by atoms with Crippen LogP contribution in [0.1, 0.15) is 6.42 Å². The molecule has 0 heterocycles. The third-order valence-electron chi connectivity index (χ3n) is 0.878. The van der Waals surface area contributed by atoms with Gasteiger partial charge in [-0.2, -0.15) is 4.91 Å². The first-order chi connectivity index (χ1) is 5.22. The largest absolute Gasteiger partial charge is 0.478 e. The lowest BCUT2D eigenvalue weighted by Gasteiger charge is -2.01. The minimum Gasteiger partial charge on any atom is -0.478 e. The molecule has 0 unspecified atom stereocenters. The van der Waals surface area contributed by atoms with Gasteiger partial charge < -0.3 is 5.11 Å². The van der Waals surface area contributed by atoms with Crippen LogP contribution in [0.25, 0.3) is 10.4 Å². The van der Waals surface area contributed by atoms with Crippen molar-refractivity contribution in [1.29, 1.82) is 0 Å². The number of azide groups is 1. The van der Waals surface area contributed by atoms with Crippen LogP contribution in [0.3, 0.4) is 0 Å². The van der Waals surface area contributed by atoms with Crippen molar-refractivity contribution in [2.24, 2.45) is 5.22 Å². The maximum Gasteiger partial charge on any atom is 0.350 e. The van der Waals surface area contributed by atoms with Crippen LogP contribution in [0.5, 0.6) is 0 Å². The van der Waals surface area contributed by atoms with Crippen LogP contribution >= 0.6 is 0 Å². The van der Waals surface area contributed by atoms with E-state index >= 15 is 0 Å². The van der Waals surface area contributed by atoms with Crippen molar-refractivity contribution in [3.63, 3.8) is 0 Å². The summed E-state index contributed by atoms with van der Waals surface area (Å²) < 4.78 is 0. The molecule has 2 N–H and O–H groups in total. The van der Waals surface area contributed by atoms with Crippen LogP contribution < -0.4 is 5.43 Å². The van der Waals surface area contributed by atoms with E-state index in [0.29, 0.717) is 0 Å². The highest BCUT2D eigenvalue weighted by molar-refractivity contribution is 5.73. The molecule has 0 aliphatic heterocycles. The van der Waals surface area contributed by atoms with Crippen LogP contribution in [0.15, 0.2) is 5.22 Å². The second-order valence-corrected chi connectivity index (χ2v) is 1.62. The highest BCUT2D eigenvalue weighted by Gasteiger charge is 2.17. The van der Waals surface area contributed by atoms with Gasteiger partial charge >= 0.3 is 5.97 Å². The summed E-state index contributed by atoms with van der Waals surface area (Å²) in [7, 11) is 0. The summed E-state index contributed by atoms with van der Waals surface area (Å²) in [6, 6.07) is -1.00. The smallest absolute Gasteiger partial charge is 0.350 e. The van der Waals surface area contributed by atoms with Gasteiger partial charge in [0.1, 0.15) is 0 Å². The van der Waals surface area contributed by atoms with Crippen LogP contribution in [0.4, 0.5) is 0 Å². The Kier molecular flexibility index (Phi) is 4.13. The van der Waals surface area contributed by atoms with E-state index in [9.17, 15) is 4.79 Å². The Morgan fingerprint density at radius 2 is 2.64 bits per heavy atom. The van der Waals surface area contributed by atoms with Crippen molar-refractivity contribution in [2.45, 2.75) is 12.5 Å². The average molecular weight is 154 g/mol. The van der Waals surface area contributed by atoms with Gasteiger partial charge in [0, 0.05) is 0 Å². The van der Waals surface area contributed by atoms with E-state index in [1.54, 1.807) is 0 Å². The molecule has 0 rings (SSSR count). The predicted octanol–water partition coefficient (Wildman–Crippen LogP) is 0.278. The molecule has 0 amide bonds. The van der Waals surface area contributed by atoms with E-state index in [-0.39, 0.29) is 6.42 Å². The number of carboxylic acids is 1. The number of rotatable bonds is 4. The lowest BCUT2D eigenvalue weighted by atomic mass is 10.2. The summed E-state index contributed by atoms with van der Waals surface area (Å²) in [5.74, 6) is 0.988. The molecule has 0 radical (unpaired) electrons. The van der Waals surface area contributed by atoms with Crippen molar-refractivity contribution in [2.75, 3.05) is 0 Å².